The molecule has 0 fully saturated rings. The summed E-state index contributed by atoms with van der Waals surface area (Å²) in [5.74, 6) is 0. The van der Waals surface area contributed by atoms with E-state index in [1.165, 1.54) is 17.7 Å². The third kappa shape index (κ3) is 4.35. The lowest BCUT2D eigenvalue weighted by molar-refractivity contribution is -0.137. The van der Waals surface area contributed by atoms with Crippen molar-refractivity contribution in [2.45, 2.75) is 33.4 Å². The van der Waals surface area contributed by atoms with Crippen molar-refractivity contribution < 1.29 is 13.2 Å². The average molecular weight is 292 g/mol. The molecule has 0 atom stereocenters. The molecule has 0 aromatic heterocycles. The van der Waals surface area contributed by atoms with Crippen LogP contribution in [0.25, 0.3) is 11.1 Å². The second kappa shape index (κ2) is 5.55. The van der Waals surface area contributed by atoms with Crippen LogP contribution >= 0.6 is 0 Å². The second-order valence-corrected chi connectivity index (χ2v) is 6.51. The van der Waals surface area contributed by atoms with Gasteiger partial charge in [-0.3, -0.25) is 0 Å². The van der Waals surface area contributed by atoms with E-state index in [2.05, 4.69) is 20.8 Å². The van der Waals surface area contributed by atoms with Gasteiger partial charge in [-0.1, -0.05) is 57.2 Å². The van der Waals surface area contributed by atoms with Crippen molar-refractivity contribution in [3.63, 3.8) is 0 Å². The van der Waals surface area contributed by atoms with Crippen LogP contribution in [0.1, 0.15) is 31.9 Å². The topological polar surface area (TPSA) is 0 Å². The zero-order valence-corrected chi connectivity index (χ0v) is 12.5. The highest BCUT2D eigenvalue weighted by Crippen LogP contribution is 2.31. The molecule has 0 unspecified atom stereocenters. The highest BCUT2D eigenvalue weighted by Gasteiger charge is 2.29. The predicted molar refractivity (Wildman–Crippen MR) is 80.0 cm³/mol. The van der Waals surface area contributed by atoms with Gasteiger partial charge in [0.2, 0.25) is 0 Å². The van der Waals surface area contributed by atoms with Crippen LogP contribution in [-0.4, -0.2) is 0 Å². The number of hydrogen-bond donors (Lipinski definition) is 0. The van der Waals surface area contributed by atoms with E-state index in [-0.39, 0.29) is 5.41 Å². The summed E-state index contributed by atoms with van der Waals surface area (Å²) in [6.45, 7) is 6.53. The Morgan fingerprint density at radius 2 is 1.14 bits per heavy atom. The van der Waals surface area contributed by atoms with Crippen LogP contribution in [0.3, 0.4) is 0 Å². The minimum absolute atomic E-state index is 0.218. The number of alkyl halides is 3. The van der Waals surface area contributed by atoms with E-state index >= 15 is 0 Å². The Morgan fingerprint density at radius 3 is 1.52 bits per heavy atom. The molecule has 0 saturated carbocycles. The third-order valence-corrected chi connectivity index (χ3v) is 3.23. The fourth-order valence-electron chi connectivity index (χ4n) is 2.28. The normalized spacial score (nSPS) is 12.5. The van der Waals surface area contributed by atoms with Crippen LogP contribution in [-0.2, 0) is 12.6 Å². The van der Waals surface area contributed by atoms with Gasteiger partial charge in [-0.25, -0.2) is 0 Å². The molecule has 2 rings (SSSR count). The van der Waals surface area contributed by atoms with Crippen LogP contribution in [0.5, 0.6) is 0 Å². The van der Waals surface area contributed by atoms with Crippen molar-refractivity contribution in [2.75, 3.05) is 0 Å². The SMILES string of the molecule is CC(C)(C)Cc1ccc(-c2ccc(C(F)(F)F)cc2)cc1. The molecule has 3 heteroatoms. The highest BCUT2D eigenvalue weighted by atomic mass is 19.4. The number of halogens is 3. The van der Waals surface area contributed by atoms with Crippen molar-refractivity contribution in [1.29, 1.82) is 0 Å². The van der Waals surface area contributed by atoms with Gasteiger partial charge in [-0.05, 0) is 40.7 Å². The van der Waals surface area contributed by atoms with Crippen molar-refractivity contribution >= 4 is 0 Å². The van der Waals surface area contributed by atoms with E-state index in [0.717, 1.165) is 29.7 Å². The molecule has 0 bridgehead atoms. The fraction of sp³-hybridized carbons (Fsp3) is 0.333. The zero-order valence-electron chi connectivity index (χ0n) is 12.5. The molecule has 0 heterocycles. The first-order valence-corrected chi connectivity index (χ1v) is 6.92. The molecular formula is C18H19F3. The fourth-order valence-corrected chi connectivity index (χ4v) is 2.28. The maximum atomic E-state index is 12.5. The molecule has 0 amide bonds. The lowest BCUT2D eigenvalue weighted by atomic mass is 9.87. The molecule has 0 radical (unpaired) electrons. The standard InChI is InChI=1S/C18H19F3/c1-17(2,3)12-13-4-6-14(7-5-13)15-8-10-16(11-9-15)18(19,20)21/h4-11H,12H2,1-3H3. The smallest absolute Gasteiger partial charge is 0.166 e. The lowest BCUT2D eigenvalue weighted by Crippen LogP contribution is -2.08. The summed E-state index contributed by atoms with van der Waals surface area (Å²) in [5, 5.41) is 0. The summed E-state index contributed by atoms with van der Waals surface area (Å²) in [4.78, 5) is 0. The number of hydrogen-bond acceptors (Lipinski definition) is 0. The second-order valence-electron chi connectivity index (χ2n) is 6.51. The van der Waals surface area contributed by atoms with Crippen LogP contribution in [0, 0.1) is 5.41 Å². The van der Waals surface area contributed by atoms with Crippen molar-refractivity contribution in [2.24, 2.45) is 5.41 Å². The van der Waals surface area contributed by atoms with E-state index < -0.39 is 11.7 Å². The van der Waals surface area contributed by atoms with E-state index in [1.807, 2.05) is 24.3 Å². The first kappa shape index (κ1) is 15.6. The zero-order chi connectivity index (χ0) is 15.7. The summed E-state index contributed by atoms with van der Waals surface area (Å²) in [7, 11) is 0. The minimum Gasteiger partial charge on any atom is -0.166 e. The van der Waals surface area contributed by atoms with Gasteiger partial charge in [0.25, 0.3) is 0 Å². The Bertz CT molecular complexity index is 584. The van der Waals surface area contributed by atoms with E-state index in [0.29, 0.717) is 0 Å². The van der Waals surface area contributed by atoms with Gasteiger partial charge in [-0.15, -0.1) is 0 Å². The van der Waals surface area contributed by atoms with Gasteiger partial charge in [0, 0.05) is 0 Å². The Labute approximate surface area is 123 Å². The molecule has 112 valence electrons. The lowest BCUT2D eigenvalue weighted by Gasteiger charge is -2.18. The largest absolute Gasteiger partial charge is 0.416 e. The minimum atomic E-state index is -4.28. The van der Waals surface area contributed by atoms with Crippen LogP contribution in [0.2, 0.25) is 0 Å². The van der Waals surface area contributed by atoms with E-state index in [9.17, 15) is 13.2 Å². The summed E-state index contributed by atoms with van der Waals surface area (Å²) < 4.78 is 37.6. The van der Waals surface area contributed by atoms with Gasteiger partial charge >= 0.3 is 6.18 Å². The summed E-state index contributed by atoms with van der Waals surface area (Å²) in [6, 6.07) is 13.3. The van der Waals surface area contributed by atoms with Crippen molar-refractivity contribution in [3.8, 4) is 11.1 Å². The monoisotopic (exact) mass is 292 g/mol. The van der Waals surface area contributed by atoms with Crippen molar-refractivity contribution in [1.82, 2.24) is 0 Å². The summed E-state index contributed by atoms with van der Waals surface area (Å²) in [6.07, 6.45) is -3.31. The summed E-state index contributed by atoms with van der Waals surface area (Å²) in [5.41, 5.74) is 2.57. The van der Waals surface area contributed by atoms with Gasteiger partial charge in [0.1, 0.15) is 0 Å². The summed E-state index contributed by atoms with van der Waals surface area (Å²) >= 11 is 0. The van der Waals surface area contributed by atoms with E-state index in [4.69, 9.17) is 0 Å². The quantitative estimate of drug-likeness (QED) is 0.640. The van der Waals surface area contributed by atoms with Gasteiger partial charge in [-0.2, -0.15) is 13.2 Å². The van der Waals surface area contributed by atoms with Crippen LogP contribution in [0.15, 0.2) is 48.5 Å². The number of benzene rings is 2. The maximum absolute atomic E-state index is 12.5. The molecule has 2 aromatic carbocycles. The maximum Gasteiger partial charge on any atom is 0.416 e. The molecular weight excluding hydrogens is 273 g/mol. The van der Waals surface area contributed by atoms with Crippen LogP contribution in [0.4, 0.5) is 13.2 Å². The van der Waals surface area contributed by atoms with Crippen molar-refractivity contribution in [3.05, 3.63) is 59.7 Å². The first-order valence-electron chi connectivity index (χ1n) is 6.92. The Balaban J connectivity index is 2.19. The average Bonchev–Trinajstić information content (AvgIpc) is 2.37. The van der Waals surface area contributed by atoms with Gasteiger partial charge < -0.3 is 0 Å². The molecule has 0 aliphatic rings. The molecule has 0 saturated heterocycles. The Hall–Kier alpha value is -1.77. The Morgan fingerprint density at radius 1 is 0.714 bits per heavy atom. The first-order chi connectivity index (χ1) is 9.65. The molecule has 2 aromatic rings. The highest BCUT2D eigenvalue weighted by molar-refractivity contribution is 5.64. The van der Waals surface area contributed by atoms with E-state index in [1.54, 1.807) is 0 Å². The molecule has 0 aliphatic heterocycles. The number of rotatable bonds is 2. The molecule has 21 heavy (non-hydrogen) atoms. The molecule has 0 spiro atoms. The van der Waals surface area contributed by atoms with Gasteiger partial charge in [0.15, 0.2) is 0 Å². The Kier molecular flexibility index (Phi) is 4.13. The predicted octanol–water partition coefficient (Wildman–Crippen LogP) is 5.96. The van der Waals surface area contributed by atoms with Gasteiger partial charge in [0.05, 0.1) is 5.56 Å². The molecule has 0 N–H and O–H groups in total. The third-order valence-electron chi connectivity index (χ3n) is 3.23. The van der Waals surface area contributed by atoms with Crippen LogP contribution < -0.4 is 0 Å². The molecule has 0 nitrogen and oxygen atoms in total. The molecule has 0 aliphatic carbocycles.